The molecule has 0 radical (unpaired) electrons. The fourth-order valence-electron chi connectivity index (χ4n) is 0.774. The smallest absolute Gasteiger partial charge is 0.157 e. The highest BCUT2D eigenvalue weighted by Crippen LogP contribution is 2.27. The normalized spacial score (nSPS) is 39.6. The first-order valence-electron chi connectivity index (χ1n) is 2.96. The monoisotopic (exact) mass is 206 g/mol. The van der Waals surface area contributed by atoms with Crippen LogP contribution < -0.4 is 0 Å². The van der Waals surface area contributed by atoms with Crippen LogP contribution in [0.1, 0.15) is 6.92 Å². The Morgan fingerprint density at radius 3 is 2.80 bits per heavy atom. The van der Waals surface area contributed by atoms with E-state index in [2.05, 4.69) is 15.9 Å². The van der Waals surface area contributed by atoms with E-state index in [0.29, 0.717) is 4.48 Å². The van der Waals surface area contributed by atoms with E-state index < -0.39 is 11.8 Å². The number of allylic oxidation sites excluding steroid dienone is 2. The van der Waals surface area contributed by atoms with Gasteiger partial charge in [-0.25, -0.2) is 4.39 Å². The summed E-state index contributed by atoms with van der Waals surface area (Å²) >= 11 is 3.11. The zero-order valence-electron chi connectivity index (χ0n) is 5.51. The molecule has 1 N–H and O–H groups in total. The highest BCUT2D eigenvalue weighted by Gasteiger charge is 2.30. The molecule has 0 heterocycles. The summed E-state index contributed by atoms with van der Waals surface area (Å²) < 4.78 is 13.8. The molecule has 3 heteroatoms. The van der Waals surface area contributed by atoms with Gasteiger partial charge in [-0.1, -0.05) is 22.0 Å². The van der Waals surface area contributed by atoms with Crippen LogP contribution in [0.5, 0.6) is 0 Å². The molecule has 0 aromatic heterocycles. The molecule has 56 valence electrons. The largest absolute Gasteiger partial charge is 0.385 e. The molecule has 0 bridgehead atoms. The van der Waals surface area contributed by atoms with Gasteiger partial charge in [0.05, 0.1) is 0 Å². The minimum atomic E-state index is -1.63. The van der Waals surface area contributed by atoms with Gasteiger partial charge in [0.2, 0.25) is 0 Å². The Morgan fingerprint density at radius 2 is 2.40 bits per heavy atom. The molecular formula is C7H8BrFO. The predicted molar refractivity (Wildman–Crippen MR) is 41.7 cm³/mol. The van der Waals surface area contributed by atoms with Gasteiger partial charge >= 0.3 is 0 Å². The minimum absolute atomic E-state index is 0.669. The minimum Gasteiger partial charge on any atom is -0.385 e. The predicted octanol–water partition coefficient (Wildman–Crippen LogP) is 1.92. The summed E-state index contributed by atoms with van der Waals surface area (Å²) in [4.78, 5) is 0. The second-order valence-corrected chi connectivity index (χ2v) is 3.40. The van der Waals surface area contributed by atoms with E-state index in [1.165, 1.54) is 19.1 Å². The fraction of sp³-hybridized carbons (Fsp3) is 0.429. The number of hydrogen-bond donors (Lipinski definition) is 1. The standard InChI is InChI=1S/C7H8BrFO/c1-7(9)4-5(8)2-3-6(7)10/h2-4,6,10H,1H3. The van der Waals surface area contributed by atoms with Crippen LogP contribution in [0.3, 0.4) is 0 Å². The molecule has 0 aliphatic heterocycles. The second-order valence-electron chi connectivity index (χ2n) is 2.48. The average Bonchev–Trinajstić information content (AvgIpc) is 1.78. The number of rotatable bonds is 0. The van der Waals surface area contributed by atoms with Crippen molar-refractivity contribution in [2.24, 2.45) is 0 Å². The van der Waals surface area contributed by atoms with Gasteiger partial charge in [-0.05, 0) is 19.1 Å². The van der Waals surface area contributed by atoms with Crippen LogP contribution >= 0.6 is 15.9 Å². The van der Waals surface area contributed by atoms with Crippen LogP contribution in [0.25, 0.3) is 0 Å². The Kier molecular flexibility index (Phi) is 1.97. The number of alkyl halides is 1. The lowest BCUT2D eigenvalue weighted by atomic mass is 9.97. The van der Waals surface area contributed by atoms with Crippen molar-refractivity contribution >= 4 is 15.9 Å². The maximum absolute atomic E-state index is 13.1. The van der Waals surface area contributed by atoms with E-state index in [0.717, 1.165) is 0 Å². The van der Waals surface area contributed by atoms with Gasteiger partial charge < -0.3 is 5.11 Å². The number of aliphatic hydroxyl groups is 1. The van der Waals surface area contributed by atoms with Crippen LogP contribution in [0, 0.1) is 0 Å². The molecule has 0 saturated heterocycles. The summed E-state index contributed by atoms with van der Waals surface area (Å²) in [5.41, 5.74) is -1.63. The highest BCUT2D eigenvalue weighted by molar-refractivity contribution is 9.11. The van der Waals surface area contributed by atoms with Crippen molar-refractivity contribution in [3.05, 3.63) is 22.7 Å². The van der Waals surface area contributed by atoms with Crippen LogP contribution in [-0.4, -0.2) is 16.9 Å². The molecule has 2 atom stereocenters. The summed E-state index contributed by atoms with van der Waals surface area (Å²) in [6.45, 7) is 1.34. The van der Waals surface area contributed by atoms with Crippen molar-refractivity contribution in [3.8, 4) is 0 Å². The summed E-state index contributed by atoms with van der Waals surface area (Å²) in [5.74, 6) is 0. The zero-order chi connectivity index (χ0) is 7.78. The van der Waals surface area contributed by atoms with Crippen molar-refractivity contribution in [2.45, 2.75) is 18.7 Å². The van der Waals surface area contributed by atoms with Gasteiger partial charge in [0.25, 0.3) is 0 Å². The topological polar surface area (TPSA) is 20.2 Å². The Hall–Kier alpha value is -0.150. The highest BCUT2D eigenvalue weighted by atomic mass is 79.9. The first kappa shape index (κ1) is 7.95. The van der Waals surface area contributed by atoms with Crippen molar-refractivity contribution in [2.75, 3.05) is 0 Å². The first-order chi connectivity index (χ1) is 4.52. The van der Waals surface area contributed by atoms with Crippen molar-refractivity contribution in [3.63, 3.8) is 0 Å². The Labute approximate surface area is 67.4 Å². The van der Waals surface area contributed by atoms with Gasteiger partial charge in [-0.2, -0.15) is 0 Å². The summed E-state index contributed by atoms with van der Waals surface area (Å²) in [6.07, 6.45) is 3.38. The molecule has 1 aliphatic carbocycles. The van der Waals surface area contributed by atoms with E-state index in [1.54, 1.807) is 6.08 Å². The molecule has 0 aromatic rings. The third-order valence-corrected chi connectivity index (χ3v) is 1.93. The molecule has 2 unspecified atom stereocenters. The Balaban J connectivity index is 2.88. The van der Waals surface area contributed by atoms with Crippen molar-refractivity contribution in [1.82, 2.24) is 0 Å². The van der Waals surface area contributed by atoms with E-state index in [-0.39, 0.29) is 0 Å². The lowest BCUT2D eigenvalue weighted by molar-refractivity contribution is 0.0711. The average molecular weight is 207 g/mol. The molecule has 1 nitrogen and oxygen atoms in total. The van der Waals surface area contributed by atoms with Gasteiger partial charge in [-0.3, -0.25) is 0 Å². The van der Waals surface area contributed by atoms with Crippen LogP contribution in [-0.2, 0) is 0 Å². The van der Waals surface area contributed by atoms with E-state index >= 15 is 0 Å². The molecule has 0 fully saturated rings. The Morgan fingerprint density at radius 1 is 1.80 bits per heavy atom. The van der Waals surface area contributed by atoms with Crippen LogP contribution in [0.4, 0.5) is 4.39 Å². The molecular weight excluding hydrogens is 199 g/mol. The number of halogens is 2. The SMILES string of the molecule is CC1(F)C=C(Br)C=CC1O. The van der Waals surface area contributed by atoms with Gasteiger partial charge in [-0.15, -0.1) is 0 Å². The molecule has 0 amide bonds. The Bertz CT molecular complexity index is 196. The molecule has 1 rings (SSSR count). The zero-order valence-corrected chi connectivity index (χ0v) is 7.10. The lowest BCUT2D eigenvalue weighted by Crippen LogP contribution is -2.32. The van der Waals surface area contributed by atoms with E-state index in [1.807, 2.05) is 0 Å². The summed E-state index contributed by atoms with van der Waals surface area (Å²) in [5, 5.41) is 9.03. The molecule has 1 aliphatic rings. The fourth-order valence-corrected chi connectivity index (χ4v) is 1.37. The number of aliphatic hydroxyl groups excluding tert-OH is 1. The van der Waals surface area contributed by atoms with E-state index in [4.69, 9.17) is 5.11 Å². The van der Waals surface area contributed by atoms with Crippen LogP contribution in [0.15, 0.2) is 22.7 Å². The van der Waals surface area contributed by atoms with Gasteiger partial charge in [0, 0.05) is 4.48 Å². The summed E-state index contributed by atoms with van der Waals surface area (Å²) in [7, 11) is 0. The van der Waals surface area contributed by atoms with Crippen molar-refractivity contribution in [1.29, 1.82) is 0 Å². The van der Waals surface area contributed by atoms with Gasteiger partial charge in [0.1, 0.15) is 6.10 Å². The molecule has 0 spiro atoms. The lowest BCUT2D eigenvalue weighted by Gasteiger charge is -2.23. The van der Waals surface area contributed by atoms with Crippen LogP contribution in [0.2, 0.25) is 0 Å². The van der Waals surface area contributed by atoms with Gasteiger partial charge in [0.15, 0.2) is 5.67 Å². The molecule has 0 aromatic carbocycles. The second kappa shape index (κ2) is 2.47. The number of hydrogen-bond acceptors (Lipinski definition) is 1. The first-order valence-corrected chi connectivity index (χ1v) is 3.75. The maximum atomic E-state index is 13.1. The third kappa shape index (κ3) is 1.47. The van der Waals surface area contributed by atoms with E-state index in [9.17, 15) is 4.39 Å². The molecule has 0 saturated carbocycles. The van der Waals surface area contributed by atoms with Crippen molar-refractivity contribution < 1.29 is 9.50 Å². The summed E-state index contributed by atoms with van der Waals surface area (Å²) in [6, 6.07) is 0. The quantitative estimate of drug-likeness (QED) is 0.643. The molecule has 10 heavy (non-hydrogen) atoms. The maximum Gasteiger partial charge on any atom is 0.157 e. The third-order valence-electron chi connectivity index (χ3n) is 1.44.